The molecule has 0 aliphatic rings. The first-order chi connectivity index (χ1) is 9.99. The number of rotatable bonds is 5. The van der Waals surface area contributed by atoms with Crippen LogP contribution >= 0.6 is 23.2 Å². The summed E-state index contributed by atoms with van der Waals surface area (Å²) in [5.41, 5.74) is 6.38. The van der Waals surface area contributed by atoms with Gasteiger partial charge >= 0.3 is 0 Å². The Morgan fingerprint density at radius 3 is 2.48 bits per heavy atom. The van der Waals surface area contributed by atoms with E-state index in [1.54, 1.807) is 30.3 Å². The standard InChI is InChI=1S/C16H16Cl2FNO/c1-2-12(20)9-14-15(19)4-3-5-16(14)21-13-7-10(17)6-11(18)8-13/h3-8,12H,2,9,20H2,1H3. The second-order valence-electron chi connectivity index (χ2n) is 4.80. The highest BCUT2D eigenvalue weighted by molar-refractivity contribution is 6.34. The molecule has 21 heavy (non-hydrogen) atoms. The zero-order valence-electron chi connectivity index (χ0n) is 11.6. The van der Waals surface area contributed by atoms with Crippen LogP contribution in [0.15, 0.2) is 36.4 Å². The molecular formula is C16H16Cl2FNO. The lowest BCUT2D eigenvalue weighted by atomic mass is 10.0. The molecule has 1 unspecified atom stereocenters. The van der Waals surface area contributed by atoms with E-state index in [0.29, 0.717) is 33.5 Å². The Bertz CT molecular complexity index is 613. The Labute approximate surface area is 133 Å². The minimum absolute atomic E-state index is 0.118. The number of benzene rings is 2. The van der Waals surface area contributed by atoms with Gasteiger partial charge in [0.1, 0.15) is 17.3 Å². The van der Waals surface area contributed by atoms with Crippen molar-refractivity contribution >= 4 is 23.2 Å². The third-order valence-electron chi connectivity index (χ3n) is 3.13. The molecule has 2 aromatic carbocycles. The predicted molar refractivity (Wildman–Crippen MR) is 84.9 cm³/mol. The highest BCUT2D eigenvalue weighted by Crippen LogP contribution is 2.31. The van der Waals surface area contributed by atoms with Gasteiger partial charge in [0.25, 0.3) is 0 Å². The predicted octanol–water partition coefficient (Wildman–Crippen LogP) is 5.20. The Morgan fingerprint density at radius 2 is 1.86 bits per heavy atom. The van der Waals surface area contributed by atoms with Gasteiger partial charge in [0.05, 0.1) is 0 Å². The first-order valence-electron chi connectivity index (χ1n) is 6.66. The van der Waals surface area contributed by atoms with E-state index in [1.165, 1.54) is 6.07 Å². The summed E-state index contributed by atoms with van der Waals surface area (Å²) in [5, 5.41) is 0.918. The molecule has 0 aliphatic carbocycles. The largest absolute Gasteiger partial charge is 0.457 e. The summed E-state index contributed by atoms with van der Waals surface area (Å²) in [4.78, 5) is 0. The van der Waals surface area contributed by atoms with Gasteiger partial charge in [-0.05, 0) is 43.2 Å². The summed E-state index contributed by atoms with van der Waals surface area (Å²) in [7, 11) is 0. The summed E-state index contributed by atoms with van der Waals surface area (Å²) < 4.78 is 19.8. The van der Waals surface area contributed by atoms with Crippen LogP contribution in [0.5, 0.6) is 11.5 Å². The van der Waals surface area contributed by atoms with Crippen molar-refractivity contribution in [2.75, 3.05) is 0 Å². The molecule has 1 atom stereocenters. The number of ether oxygens (including phenoxy) is 1. The maximum absolute atomic E-state index is 14.0. The molecule has 0 radical (unpaired) electrons. The zero-order valence-corrected chi connectivity index (χ0v) is 13.1. The van der Waals surface area contributed by atoms with Crippen LogP contribution in [-0.4, -0.2) is 6.04 Å². The Hall–Kier alpha value is -1.29. The fourth-order valence-electron chi connectivity index (χ4n) is 1.95. The second kappa shape index (κ2) is 7.12. The summed E-state index contributed by atoms with van der Waals surface area (Å²) in [6, 6.07) is 9.44. The topological polar surface area (TPSA) is 35.2 Å². The molecule has 0 aliphatic heterocycles. The minimum Gasteiger partial charge on any atom is -0.457 e. The molecule has 2 rings (SSSR count). The van der Waals surface area contributed by atoms with Crippen molar-refractivity contribution in [1.82, 2.24) is 0 Å². The van der Waals surface area contributed by atoms with E-state index in [0.717, 1.165) is 6.42 Å². The van der Waals surface area contributed by atoms with E-state index in [1.807, 2.05) is 6.92 Å². The summed E-state index contributed by atoms with van der Waals surface area (Å²) in [6.07, 6.45) is 1.17. The van der Waals surface area contributed by atoms with E-state index in [2.05, 4.69) is 0 Å². The van der Waals surface area contributed by atoms with Crippen LogP contribution in [0.4, 0.5) is 4.39 Å². The van der Waals surface area contributed by atoms with E-state index in [9.17, 15) is 4.39 Å². The average Bonchev–Trinajstić information content (AvgIpc) is 2.41. The molecule has 0 saturated carbocycles. The van der Waals surface area contributed by atoms with E-state index in [-0.39, 0.29) is 11.9 Å². The van der Waals surface area contributed by atoms with Crippen molar-refractivity contribution in [3.8, 4) is 11.5 Å². The Morgan fingerprint density at radius 1 is 1.19 bits per heavy atom. The van der Waals surface area contributed by atoms with E-state index in [4.69, 9.17) is 33.7 Å². The summed E-state index contributed by atoms with van der Waals surface area (Å²) in [5.74, 6) is 0.561. The average molecular weight is 328 g/mol. The lowest BCUT2D eigenvalue weighted by Gasteiger charge is -2.15. The molecule has 2 nitrogen and oxygen atoms in total. The van der Waals surface area contributed by atoms with Crippen LogP contribution in [0.25, 0.3) is 0 Å². The molecule has 112 valence electrons. The molecule has 2 N–H and O–H groups in total. The van der Waals surface area contributed by atoms with E-state index >= 15 is 0 Å². The lowest BCUT2D eigenvalue weighted by molar-refractivity contribution is 0.461. The van der Waals surface area contributed by atoms with Crippen LogP contribution in [0.1, 0.15) is 18.9 Å². The van der Waals surface area contributed by atoms with E-state index < -0.39 is 0 Å². The SMILES string of the molecule is CCC(N)Cc1c(F)cccc1Oc1cc(Cl)cc(Cl)c1. The van der Waals surface area contributed by atoms with Gasteiger partial charge in [-0.1, -0.05) is 36.2 Å². The summed E-state index contributed by atoms with van der Waals surface area (Å²) >= 11 is 11.9. The van der Waals surface area contributed by atoms with Crippen molar-refractivity contribution in [1.29, 1.82) is 0 Å². The first-order valence-corrected chi connectivity index (χ1v) is 7.42. The lowest BCUT2D eigenvalue weighted by Crippen LogP contribution is -2.22. The Balaban J connectivity index is 2.32. The smallest absolute Gasteiger partial charge is 0.133 e. The molecule has 0 aromatic heterocycles. The monoisotopic (exact) mass is 327 g/mol. The first kappa shape index (κ1) is 16.1. The molecule has 0 amide bonds. The normalized spacial score (nSPS) is 12.2. The maximum Gasteiger partial charge on any atom is 0.133 e. The number of nitrogens with two attached hydrogens (primary N) is 1. The molecule has 0 heterocycles. The number of halogens is 3. The van der Waals surface area contributed by atoms with Crippen LogP contribution < -0.4 is 10.5 Å². The fourth-order valence-corrected chi connectivity index (χ4v) is 2.46. The van der Waals surface area contributed by atoms with Crippen LogP contribution in [0, 0.1) is 5.82 Å². The molecule has 5 heteroatoms. The molecule has 2 aromatic rings. The Kier molecular flexibility index (Phi) is 5.45. The van der Waals surface area contributed by atoms with Crippen molar-refractivity contribution in [2.24, 2.45) is 5.73 Å². The molecule has 0 saturated heterocycles. The third kappa shape index (κ3) is 4.34. The highest BCUT2D eigenvalue weighted by atomic mass is 35.5. The summed E-state index contributed by atoms with van der Waals surface area (Å²) in [6.45, 7) is 1.96. The van der Waals surface area contributed by atoms with Gasteiger partial charge in [-0.3, -0.25) is 0 Å². The van der Waals surface area contributed by atoms with Crippen LogP contribution in [-0.2, 0) is 6.42 Å². The molecule has 0 bridgehead atoms. The number of hydrogen-bond donors (Lipinski definition) is 1. The molecule has 0 fully saturated rings. The zero-order chi connectivity index (χ0) is 15.4. The van der Waals surface area contributed by atoms with Gasteiger partial charge in [-0.2, -0.15) is 0 Å². The van der Waals surface area contributed by atoms with Crippen molar-refractivity contribution in [3.05, 3.63) is 57.8 Å². The van der Waals surface area contributed by atoms with Gasteiger partial charge in [0.15, 0.2) is 0 Å². The van der Waals surface area contributed by atoms with Gasteiger partial charge in [-0.15, -0.1) is 0 Å². The third-order valence-corrected chi connectivity index (χ3v) is 3.57. The number of hydrogen-bond acceptors (Lipinski definition) is 2. The van der Waals surface area contributed by atoms with Crippen molar-refractivity contribution < 1.29 is 9.13 Å². The molecule has 0 spiro atoms. The van der Waals surface area contributed by atoms with Gasteiger partial charge in [-0.25, -0.2) is 4.39 Å². The quantitative estimate of drug-likeness (QED) is 0.818. The van der Waals surface area contributed by atoms with Crippen molar-refractivity contribution in [3.63, 3.8) is 0 Å². The fraction of sp³-hybridized carbons (Fsp3) is 0.250. The van der Waals surface area contributed by atoms with Gasteiger partial charge in [0, 0.05) is 21.7 Å². The van der Waals surface area contributed by atoms with Gasteiger partial charge < -0.3 is 10.5 Å². The van der Waals surface area contributed by atoms with Gasteiger partial charge in [0.2, 0.25) is 0 Å². The van der Waals surface area contributed by atoms with Crippen molar-refractivity contribution in [2.45, 2.75) is 25.8 Å². The highest BCUT2D eigenvalue weighted by Gasteiger charge is 2.14. The molecular weight excluding hydrogens is 312 g/mol. The van der Waals surface area contributed by atoms with Crippen LogP contribution in [0.3, 0.4) is 0 Å². The minimum atomic E-state index is -0.329. The second-order valence-corrected chi connectivity index (χ2v) is 5.67. The maximum atomic E-state index is 14.0. The van der Waals surface area contributed by atoms with Crippen LogP contribution in [0.2, 0.25) is 10.0 Å².